The second-order valence-corrected chi connectivity index (χ2v) is 1.25. The fourth-order valence-corrected chi connectivity index (χ4v) is 0.301. The van der Waals surface area contributed by atoms with Gasteiger partial charge in [-0.15, -0.1) is 0 Å². The minimum atomic E-state index is 0. The summed E-state index contributed by atoms with van der Waals surface area (Å²) < 4.78 is 0. The Labute approximate surface area is 58.9 Å². The van der Waals surface area contributed by atoms with Crippen molar-refractivity contribution in [3.05, 3.63) is 18.6 Å². The molecule has 0 bridgehead atoms. The first-order valence-electron chi connectivity index (χ1n) is 2.43. The molecule has 0 aromatic carbocycles. The zero-order valence-electron chi connectivity index (χ0n) is 5.18. The Morgan fingerprint density at radius 3 is 2.30 bits per heavy atom. The van der Waals surface area contributed by atoms with Crippen LogP contribution in [-0.2, 0) is 0 Å². The van der Waals surface area contributed by atoms with Crippen molar-refractivity contribution in [1.82, 2.24) is 9.97 Å². The van der Waals surface area contributed by atoms with Crippen molar-refractivity contribution in [3.63, 3.8) is 0 Å². The van der Waals surface area contributed by atoms with Gasteiger partial charge in [0, 0.05) is 6.20 Å². The maximum atomic E-state index is 7.00. The normalized spacial score (nSPS) is 7.40. The van der Waals surface area contributed by atoms with Crippen LogP contribution in [-0.4, -0.2) is 27.7 Å². The number of hydrogen-bond acceptors (Lipinski definition) is 5. The Kier molecular flexibility index (Phi) is 5.31. The van der Waals surface area contributed by atoms with E-state index in [4.69, 9.17) is 15.8 Å². The number of nitrogens with zero attached hydrogens (tertiary/aromatic N) is 2. The van der Waals surface area contributed by atoms with Gasteiger partial charge in [0.15, 0.2) is 0 Å². The van der Waals surface area contributed by atoms with E-state index in [0.29, 0.717) is 5.82 Å². The van der Waals surface area contributed by atoms with E-state index in [1.807, 2.05) is 0 Å². The van der Waals surface area contributed by atoms with Crippen LogP contribution in [0.2, 0.25) is 0 Å². The largest absolute Gasteiger partial charge is 0.482 e. The fraction of sp³-hybridized carbons (Fsp3) is 0. The third-order valence-corrected chi connectivity index (χ3v) is 0.605. The van der Waals surface area contributed by atoms with Gasteiger partial charge >= 0.3 is 7.69 Å². The average Bonchev–Trinajstić information content (AvgIpc) is 1.91. The second-order valence-electron chi connectivity index (χ2n) is 1.25. The van der Waals surface area contributed by atoms with Crippen molar-refractivity contribution < 1.29 is 10.0 Å². The van der Waals surface area contributed by atoms with Gasteiger partial charge in [0.25, 0.3) is 0 Å². The molecular formula is C4H7BN3O2. The lowest BCUT2D eigenvalue weighted by molar-refractivity contribution is 0.448. The number of hydrogen-bond donors (Lipinski definition) is 3. The number of nitrogens with two attached hydrogens (primary N) is 1. The zero-order chi connectivity index (χ0) is 7.82. The third kappa shape index (κ3) is 5.01. The van der Waals surface area contributed by atoms with Crippen LogP contribution in [0.15, 0.2) is 18.6 Å². The molecule has 0 aliphatic heterocycles. The first kappa shape index (κ1) is 8.86. The molecule has 0 aliphatic rings. The molecule has 0 atom stereocenters. The highest BCUT2D eigenvalue weighted by molar-refractivity contribution is 6.13. The molecule has 0 saturated heterocycles. The topological polar surface area (TPSA) is 92.3 Å². The van der Waals surface area contributed by atoms with Gasteiger partial charge < -0.3 is 15.8 Å². The Morgan fingerprint density at radius 1 is 1.50 bits per heavy atom. The van der Waals surface area contributed by atoms with Crippen LogP contribution in [0.25, 0.3) is 0 Å². The van der Waals surface area contributed by atoms with E-state index in [9.17, 15) is 0 Å². The SMILES string of the molecule is Nc1ccncn1.O[B]O. The lowest BCUT2D eigenvalue weighted by Gasteiger charge is -1.82. The lowest BCUT2D eigenvalue weighted by atomic mass is 10.5. The van der Waals surface area contributed by atoms with E-state index in [1.54, 1.807) is 12.3 Å². The molecule has 0 spiro atoms. The van der Waals surface area contributed by atoms with Crippen LogP contribution >= 0.6 is 0 Å². The Hall–Kier alpha value is -1.14. The van der Waals surface area contributed by atoms with E-state index in [1.165, 1.54) is 6.33 Å². The van der Waals surface area contributed by atoms with Crippen LogP contribution in [0.1, 0.15) is 0 Å². The minimum absolute atomic E-state index is 0. The van der Waals surface area contributed by atoms with E-state index in [-0.39, 0.29) is 7.69 Å². The highest BCUT2D eigenvalue weighted by Gasteiger charge is 1.74. The molecule has 10 heavy (non-hydrogen) atoms. The predicted octanol–water partition coefficient (Wildman–Crippen LogP) is -1.44. The fourth-order valence-electron chi connectivity index (χ4n) is 0.301. The van der Waals surface area contributed by atoms with Gasteiger partial charge in [0.05, 0.1) is 0 Å². The molecule has 1 aromatic heterocycles. The van der Waals surface area contributed by atoms with Crippen molar-refractivity contribution in [2.75, 3.05) is 5.73 Å². The maximum Gasteiger partial charge on any atom is 0.482 e. The lowest BCUT2D eigenvalue weighted by Crippen LogP contribution is -1.87. The predicted molar refractivity (Wildman–Crippen MR) is 36.6 cm³/mol. The monoisotopic (exact) mass is 140 g/mol. The summed E-state index contributed by atoms with van der Waals surface area (Å²) in [4.78, 5) is 7.30. The third-order valence-electron chi connectivity index (χ3n) is 0.605. The quantitative estimate of drug-likeness (QED) is 0.384. The summed E-state index contributed by atoms with van der Waals surface area (Å²) in [5, 5.41) is 14.0. The molecule has 1 heterocycles. The highest BCUT2D eigenvalue weighted by Crippen LogP contribution is 1.85. The van der Waals surface area contributed by atoms with Gasteiger partial charge in [-0.2, -0.15) is 0 Å². The number of anilines is 1. The van der Waals surface area contributed by atoms with Crippen molar-refractivity contribution >= 4 is 13.5 Å². The summed E-state index contributed by atoms with van der Waals surface area (Å²) in [6.45, 7) is 0. The van der Waals surface area contributed by atoms with Gasteiger partial charge in [-0.05, 0) is 6.07 Å². The molecule has 1 rings (SSSR count). The Bertz CT molecular complexity index is 160. The number of nitrogen functional groups attached to an aromatic ring is 1. The maximum absolute atomic E-state index is 7.00. The van der Waals surface area contributed by atoms with Crippen LogP contribution in [0.3, 0.4) is 0 Å². The van der Waals surface area contributed by atoms with Crippen molar-refractivity contribution in [2.24, 2.45) is 0 Å². The van der Waals surface area contributed by atoms with E-state index in [0.717, 1.165) is 0 Å². The highest BCUT2D eigenvalue weighted by atomic mass is 16.4. The van der Waals surface area contributed by atoms with E-state index >= 15 is 0 Å². The van der Waals surface area contributed by atoms with Crippen LogP contribution in [0, 0.1) is 0 Å². The standard InChI is InChI=1S/C4H5N3.BH2O2/c5-4-1-2-6-3-7-4;2-1-3/h1-3H,(H2,5,6,7);2-3H. The molecule has 6 heteroatoms. The Balaban J connectivity index is 0.000000236. The molecule has 1 radical (unpaired) electrons. The smallest absolute Gasteiger partial charge is 0.429 e. The molecule has 0 aliphatic carbocycles. The first-order valence-corrected chi connectivity index (χ1v) is 2.43. The number of aromatic nitrogens is 2. The molecule has 5 nitrogen and oxygen atoms in total. The summed E-state index contributed by atoms with van der Waals surface area (Å²) in [5.74, 6) is 0.509. The van der Waals surface area contributed by atoms with E-state index in [2.05, 4.69) is 9.97 Å². The van der Waals surface area contributed by atoms with E-state index < -0.39 is 0 Å². The second kappa shape index (κ2) is 5.99. The van der Waals surface area contributed by atoms with Gasteiger partial charge in [-0.1, -0.05) is 0 Å². The number of rotatable bonds is 0. The van der Waals surface area contributed by atoms with Crippen LogP contribution < -0.4 is 5.73 Å². The molecule has 1 aromatic rings. The Morgan fingerprint density at radius 2 is 2.10 bits per heavy atom. The summed E-state index contributed by atoms with van der Waals surface area (Å²) in [6.07, 6.45) is 3.01. The summed E-state index contributed by atoms with van der Waals surface area (Å²) in [5.41, 5.74) is 5.21. The average molecular weight is 140 g/mol. The van der Waals surface area contributed by atoms with Gasteiger partial charge in [0.1, 0.15) is 12.1 Å². The van der Waals surface area contributed by atoms with Gasteiger partial charge in [-0.25, -0.2) is 9.97 Å². The van der Waals surface area contributed by atoms with Crippen molar-refractivity contribution in [3.8, 4) is 0 Å². The molecule has 0 unspecified atom stereocenters. The molecule has 4 N–H and O–H groups in total. The molecule has 53 valence electrons. The molecule has 0 fully saturated rings. The van der Waals surface area contributed by atoms with Crippen molar-refractivity contribution in [1.29, 1.82) is 0 Å². The summed E-state index contributed by atoms with van der Waals surface area (Å²) >= 11 is 0. The molecule has 0 saturated carbocycles. The van der Waals surface area contributed by atoms with Crippen LogP contribution in [0.4, 0.5) is 5.82 Å². The minimum Gasteiger partial charge on any atom is -0.429 e. The first-order chi connectivity index (χ1) is 4.81. The van der Waals surface area contributed by atoms with Gasteiger partial charge in [0.2, 0.25) is 0 Å². The summed E-state index contributed by atoms with van der Waals surface area (Å²) in [6, 6.07) is 1.64. The molecule has 0 amide bonds. The zero-order valence-corrected chi connectivity index (χ0v) is 5.18. The summed E-state index contributed by atoms with van der Waals surface area (Å²) in [7, 11) is 0. The molecular weight excluding hydrogens is 133 g/mol. The van der Waals surface area contributed by atoms with Crippen molar-refractivity contribution in [2.45, 2.75) is 0 Å². The van der Waals surface area contributed by atoms with Crippen LogP contribution in [0.5, 0.6) is 0 Å². The van der Waals surface area contributed by atoms with Gasteiger partial charge in [-0.3, -0.25) is 0 Å².